The summed E-state index contributed by atoms with van der Waals surface area (Å²) < 4.78 is 1.27. The smallest absolute Gasteiger partial charge is 0.261 e. The highest BCUT2D eigenvalue weighted by atomic mass is 35.5. The standard InChI is InChI=1S/C8H5ClN2O2/c9-5-1-2-6-10-7(12)3-8(13)11(6)4-5/h1-4,12H. The summed E-state index contributed by atoms with van der Waals surface area (Å²) in [6, 6.07) is 4.19. The molecule has 0 atom stereocenters. The first kappa shape index (κ1) is 8.07. The van der Waals surface area contributed by atoms with Crippen molar-refractivity contribution in [2.45, 2.75) is 0 Å². The molecule has 0 bridgehead atoms. The normalized spacial score (nSPS) is 10.5. The minimum absolute atomic E-state index is 0.285. The van der Waals surface area contributed by atoms with Gasteiger partial charge in [-0.1, -0.05) is 11.6 Å². The van der Waals surface area contributed by atoms with E-state index >= 15 is 0 Å². The third-order valence-corrected chi connectivity index (χ3v) is 1.83. The molecule has 0 spiro atoms. The Balaban J connectivity index is 2.95. The van der Waals surface area contributed by atoms with Crippen LogP contribution >= 0.6 is 11.6 Å². The molecular weight excluding hydrogens is 192 g/mol. The van der Waals surface area contributed by atoms with Crippen molar-refractivity contribution in [2.24, 2.45) is 0 Å². The molecule has 0 saturated heterocycles. The minimum atomic E-state index is -0.356. The van der Waals surface area contributed by atoms with Crippen LogP contribution in [-0.4, -0.2) is 14.5 Å². The zero-order chi connectivity index (χ0) is 9.42. The van der Waals surface area contributed by atoms with Gasteiger partial charge in [-0.05, 0) is 12.1 Å². The first-order valence-electron chi connectivity index (χ1n) is 3.55. The molecule has 0 fully saturated rings. The van der Waals surface area contributed by atoms with E-state index in [-0.39, 0.29) is 11.4 Å². The lowest BCUT2D eigenvalue weighted by Gasteiger charge is -1.99. The van der Waals surface area contributed by atoms with Gasteiger partial charge in [0.05, 0.1) is 11.1 Å². The van der Waals surface area contributed by atoms with E-state index in [1.807, 2.05) is 0 Å². The number of nitrogens with zero attached hydrogens (tertiary/aromatic N) is 2. The Morgan fingerprint density at radius 2 is 2.23 bits per heavy atom. The van der Waals surface area contributed by atoms with Gasteiger partial charge in [0.1, 0.15) is 5.65 Å². The fourth-order valence-corrected chi connectivity index (χ4v) is 1.22. The maximum Gasteiger partial charge on any atom is 0.261 e. The van der Waals surface area contributed by atoms with E-state index in [4.69, 9.17) is 16.7 Å². The molecule has 13 heavy (non-hydrogen) atoms. The number of hydrogen-bond donors (Lipinski definition) is 1. The van der Waals surface area contributed by atoms with E-state index in [0.717, 1.165) is 6.07 Å². The number of fused-ring (bicyclic) bond motifs is 1. The van der Waals surface area contributed by atoms with Crippen molar-refractivity contribution in [1.82, 2.24) is 9.38 Å². The predicted molar refractivity (Wildman–Crippen MR) is 48.1 cm³/mol. The second-order valence-corrected chi connectivity index (χ2v) is 2.96. The van der Waals surface area contributed by atoms with Gasteiger partial charge >= 0.3 is 0 Å². The van der Waals surface area contributed by atoms with Gasteiger partial charge in [-0.25, -0.2) is 0 Å². The van der Waals surface area contributed by atoms with E-state index in [9.17, 15) is 4.79 Å². The van der Waals surface area contributed by atoms with Crippen LogP contribution in [0, 0.1) is 0 Å². The monoisotopic (exact) mass is 196 g/mol. The van der Waals surface area contributed by atoms with Crippen LogP contribution in [0.1, 0.15) is 0 Å². The maximum atomic E-state index is 11.3. The SMILES string of the molecule is O=c1cc(O)nc2ccc(Cl)cn12. The van der Waals surface area contributed by atoms with E-state index < -0.39 is 0 Å². The Bertz CT molecular complexity index is 521. The van der Waals surface area contributed by atoms with Crippen LogP contribution in [-0.2, 0) is 0 Å². The zero-order valence-electron chi connectivity index (χ0n) is 6.44. The molecule has 0 unspecified atom stereocenters. The minimum Gasteiger partial charge on any atom is -0.493 e. The summed E-state index contributed by atoms with van der Waals surface area (Å²) in [5.74, 6) is -0.285. The van der Waals surface area contributed by atoms with Gasteiger partial charge in [-0.15, -0.1) is 0 Å². The topological polar surface area (TPSA) is 54.6 Å². The van der Waals surface area contributed by atoms with Crippen LogP contribution in [0.2, 0.25) is 5.02 Å². The molecule has 0 aliphatic carbocycles. The van der Waals surface area contributed by atoms with Crippen molar-refractivity contribution in [3.8, 4) is 5.88 Å². The molecule has 0 aliphatic rings. The molecule has 1 N–H and O–H groups in total. The summed E-state index contributed by atoms with van der Waals surface area (Å²) in [7, 11) is 0. The summed E-state index contributed by atoms with van der Waals surface area (Å²) in [4.78, 5) is 15.0. The van der Waals surface area contributed by atoms with Crippen LogP contribution in [0.4, 0.5) is 0 Å². The largest absolute Gasteiger partial charge is 0.493 e. The average Bonchev–Trinajstić information content (AvgIpc) is 2.06. The first-order valence-corrected chi connectivity index (χ1v) is 3.92. The lowest BCUT2D eigenvalue weighted by Crippen LogP contribution is -2.12. The molecule has 2 rings (SSSR count). The van der Waals surface area contributed by atoms with E-state index in [2.05, 4.69) is 4.98 Å². The summed E-state index contributed by atoms with van der Waals surface area (Å²) in [5.41, 5.74) is 0.0133. The van der Waals surface area contributed by atoms with Gasteiger partial charge in [0, 0.05) is 6.20 Å². The quantitative estimate of drug-likeness (QED) is 0.685. The van der Waals surface area contributed by atoms with Gasteiger partial charge in [0.15, 0.2) is 0 Å². The van der Waals surface area contributed by atoms with Gasteiger partial charge < -0.3 is 5.11 Å². The summed E-state index contributed by atoms with van der Waals surface area (Å²) in [5, 5.41) is 9.47. The molecule has 0 aliphatic heterocycles. The van der Waals surface area contributed by atoms with E-state index in [1.54, 1.807) is 12.1 Å². The van der Waals surface area contributed by atoms with Crippen molar-refractivity contribution >= 4 is 17.2 Å². The van der Waals surface area contributed by atoms with Crippen molar-refractivity contribution in [1.29, 1.82) is 0 Å². The molecule has 2 aromatic heterocycles. The number of pyridine rings is 1. The van der Waals surface area contributed by atoms with Gasteiger partial charge in [0.2, 0.25) is 5.88 Å². The van der Waals surface area contributed by atoms with Crippen molar-refractivity contribution < 1.29 is 5.11 Å². The first-order chi connectivity index (χ1) is 6.16. The molecule has 5 heteroatoms. The second-order valence-electron chi connectivity index (χ2n) is 2.53. The van der Waals surface area contributed by atoms with Crippen molar-refractivity contribution in [2.75, 3.05) is 0 Å². The Labute approximate surface area is 78.0 Å². The highest BCUT2D eigenvalue weighted by Crippen LogP contribution is 2.09. The Kier molecular flexibility index (Phi) is 1.70. The lowest BCUT2D eigenvalue weighted by molar-refractivity contribution is 0.453. The number of aromatic hydroxyl groups is 1. The Morgan fingerprint density at radius 1 is 1.46 bits per heavy atom. The van der Waals surface area contributed by atoms with Crippen LogP contribution in [0.15, 0.2) is 29.2 Å². The summed E-state index contributed by atoms with van der Waals surface area (Å²) in [6.45, 7) is 0. The van der Waals surface area contributed by atoms with Crippen LogP contribution < -0.4 is 5.56 Å². The molecular formula is C8H5ClN2O2. The molecule has 66 valence electrons. The molecule has 0 aromatic carbocycles. The van der Waals surface area contributed by atoms with Crippen LogP contribution in [0.5, 0.6) is 5.88 Å². The fraction of sp³-hybridized carbons (Fsp3) is 0. The number of aromatic nitrogens is 2. The molecule has 0 radical (unpaired) electrons. The third kappa shape index (κ3) is 1.36. The van der Waals surface area contributed by atoms with Gasteiger partial charge in [-0.2, -0.15) is 4.98 Å². The van der Waals surface area contributed by atoms with Crippen LogP contribution in [0.3, 0.4) is 0 Å². The molecule has 2 aromatic rings. The van der Waals surface area contributed by atoms with Gasteiger partial charge in [-0.3, -0.25) is 9.20 Å². The highest BCUT2D eigenvalue weighted by molar-refractivity contribution is 6.30. The predicted octanol–water partition coefficient (Wildman–Crippen LogP) is 1.05. The van der Waals surface area contributed by atoms with Crippen LogP contribution in [0.25, 0.3) is 5.65 Å². The number of halogens is 1. The van der Waals surface area contributed by atoms with E-state index in [0.29, 0.717) is 10.7 Å². The number of rotatable bonds is 0. The van der Waals surface area contributed by atoms with Gasteiger partial charge in [0.25, 0.3) is 5.56 Å². The highest BCUT2D eigenvalue weighted by Gasteiger charge is 2.00. The molecule has 0 saturated carbocycles. The van der Waals surface area contributed by atoms with Crippen molar-refractivity contribution in [3.05, 3.63) is 39.8 Å². The lowest BCUT2D eigenvalue weighted by atomic mass is 10.4. The summed E-state index contributed by atoms with van der Waals surface area (Å²) in [6.07, 6.45) is 1.45. The molecule has 0 amide bonds. The van der Waals surface area contributed by atoms with Crippen molar-refractivity contribution in [3.63, 3.8) is 0 Å². The average molecular weight is 197 g/mol. The molecule has 4 nitrogen and oxygen atoms in total. The Morgan fingerprint density at radius 3 is 3.00 bits per heavy atom. The Hall–Kier alpha value is -1.55. The zero-order valence-corrected chi connectivity index (χ0v) is 7.19. The number of hydrogen-bond acceptors (Lipinski definition) is 3. The summed E-state index contributed by atoms with van der Waals surface area (Å²) >= 11 is 5.68. The maximum absolute atomic E-state index is 11.3. The van der Waals surface area contributed by atoms with E-state index in [1.165, 1.54) is 10.6 Å². The second kappa shape index (κ2) is 2.74. The molecule has 2 heterocycles. The fourth-order valence-electron chi connectivity index (χ4n) is 1.06. The third-order valence-electron chi connectivity index (χ3n) is 1.61.